The van der Waals surface area contributed by atoms with E-state index in [0.29, 0.717) is 13.0 Å². The number of carbonyl (C=O) groups is 1. The quantitative estimate of drug-likeness (QED) is 0.177. The lowest BCUT2D eigenvalue weighted by atomic mass is 10.0. The zero-order valence-electron chi connectivity index (χ0n) is 20.0. The number of nitrogens with zero attached hydrogens (tertiary/aromatic N) is 2. The summed E-state index contributed by atoms with van der Waals surface area (Å²) in [6.45, 7) is 2.58. The van der Waals surface area contributed by atoms with Gasteiger partial charge in [0.25, 0.3) is 0 Å². The molecular weight excluding hydrogens is 400 g/mol. The number of amides is 1. The van der Waals surface area contributed by atoms with Gasteiger partial charge in [0.05, 0.1) is 6.61 Å². The van der Waals surface area contributed by atoms with E-state index in [4.69, 9.17) is 5.11 Å². The van der Waals surface area contributed by atoms with E-state index >= 15 is 0 Å². The van der Waals surface area contributed by atoms with Crippen LogP contribution in [0.4, 0.5) is 0 Å². The van der Waals surface area contributed by atoms with Gasteiger partial charge in [-0.25, -0.2) is 0 Å². The molecule has 0 radical (unpaired) electrons. The van der Waals surface area contributed by atoms with Gasteiger partial charge in [0.2, 0.25) is 5.91 Å². The van der Waals surface area contributed by atoms with Crippen LogP contribution in [0.1, 0.15) is 77.6 Å². The average Bonchev–Trinajstić information content (AvgIpc) is 2.75. The van der Waals surface area contributed by atoms with Gasteiger partial charge in [0.1, 0.15) is 24.4 Å². The van der Waals surface area contributed by atoms with Crippen molar-refractivity contribution in [2.75, 3.05) is 40.3 Å². The molecule has 0 bridgehead atoms. The van der Waals surface area contributed by atoms with Gasteiger partial charge in [-0.2, -0.15) is 0 Å². The predicted molar refractivity (Wildman–Crippen MR) is 123 cm³/mol. The second-order valence-electron chi connectivity index (χ2n) is 8.87. The van der Waals surface area contributed by atoms with Gasteiger partial charge in [0.15, 0.2) is 0 Å². The Kier molecular flexibility index (Phi) is 18.3. The summed E-state index contributed by atoms with van der Waals surface area (Å²) in [7, 11) is 3.89. The standard InChI is InChI=1S/C23H48N2O6/c1-4-5-6-7-8-9-10-11-12-14-21(29)25(16-13-15-24(2)3)17-19(27)22(30)23(31)20(28)18-26/h19-20,22-23,26-28,30-31H,4-18H2,1-3H3/t19-,20+,22+,23+/m0/s1. The van der Waals surface area contributed by atoms with E-state index < -0.39 is 31.0 Å². The molecule has 0 aliphatic carbocycles. The lowest BCUT2D eigenvalue weighted by Gasteiger charge is -2.31. The molecule has 4 atom stereocenters. The topological polar surface area (TPSA) is 125 Å². The van der Waals surface area contributed by atoms with Crippen LogP contribution in [-0.2, 0) is 4.79 Å². The number of aliphatic hydroxyl groups is 5. The Labute approximate surface area is 188 Å². The minimum Gasteiger partial charge on any atom is -0.394 e. The molecular formula is C23H48N2O6. The molecule has 0 heterocycles. The Bertz CT molecular complexity index is 438. The molecule has 186 valence electrons. The summed E-state index contributed by atoms with van der Waals surface area (Å²) in [5.74, 6) is -0.0786. The van der Waals surface area contributed by atoms with Gasteiger partial charge in [0, 0.05) is 19.5 Å². The smallest absolute Gasteiger partial charge is 0.222 e. The van der Waals surface area contributed by atoms with Crippen LogP contribution in [0.25, 0.3) is 0 Å². The SMILES string of the molecule is CCCCCCCCCCCC(=O)N(CCCN(C)C)C[C@H](O)[C@@H](O)[C@H](O)[C@H](O)CO. The molecule has 0 aromatic rings. The first-order valence-corrected chi connectivity index (χ1v) is 12.0. The molecule has 0 spiro atoms. The van der Waals surface area contributed by atoms with Crippen LogP contribution < -0.4 is 0 Å². The fourth-order valence-electron chi connectivity index (χ4n) is 3.54. The number of aliphatic hydroxyl groups excluding tert-OH is 5. The lowest BCUT2D eigenvalue weighted by Crippen LogP contribution is -2.50. The molecule has 8 heteroatoms. The maximum Gasteiger partial charge on any atom is 0.222 e. The molecule has 0 aromatic heterocycles. The van der Waals surface area contributed by atoms with Crippen molar-refractivity contribution in [3.05, 3.63) is 0 Å². The van der Waals surface area contributed by atoms with Crippen LogP contribution in [0.15, 0.2) is 0 Å². The first-order valence-electron chi connectivity index (χ1n) is 12.0. The highest BCUT2D eigenvalue weighted by molar-refractivity contribution is 5.76. The summed E-state index contributed by atoms with van der Waals surface area (Å²) < 4.78 is 0. The first kappa shape index (κ1) is 30.2. The molecule has 0 saturated heterocycles. The maximum atomic E-state index is 12.7. The van der Waals surface area contributed by atoms with Gasteiger partial charge in [-0.15, -0.1) is 0 Å². The molecule has 1 amide bonds. The third-order valence-electron chi connectivity index (χ3n) is 5.61. The van der Waals surface area contributed by atoms with Crippen molar-refractivity contribution >= 4 is 5.91 Å². The second-order valence-corrected chi connectivity index (χ2v) is 8.87. The molecule has 0 rings (SSSR count). The summed E-state index contributed by atoms with van der Waals surface area (Å²) in [6.07, 6.45) is 5.29. The highest BCUT2D eigenvalue weighted by Gasteiger charge is 2.31. The Hall–Kier alpha value is -0.770. The van der Waals surface area contributed by atoms with Crippen LogP contribution in [0.5, 0.6) is 0 Å². The van der Waals surface area contributed by atoms with Gasteiger partial charge in [-0.1, -0.05) is 58.3 Å². The van der Waals surface area contributed by atoms with Gasteiger partial charge in [-0.05, 0) is 33.5 Å². The van der Waals surface area contributed by atoms with Gasteiger partial charge >= 0.3 is 0 Å². The van der Waals surface area contributed by atoms with E-state index in [9.17, 15) is 25.2 Å². The summed E-state index contributed by atoms with van der Waals surface area (Å²) >= 11 is 0. The highest BCUT2D eigenvalue weighted by Crippen LogP contribution is 2.13. The number of hydrogen-bond acceptors (Lipinski definition) is 7. The first-order chi connectivity index (χ1) is 14.7. The zero-order chi connectivity index (χ0) is 23.6. The van der Waals surface area contributed by atoms with Crippen molar-refractivity contribution < 1.29 is 30.3 Å². The Morgan fingerprint density at radius 2 is 1.26 bits per heavy atom. The summed E-state index contributed by atoms with van der Waals surface area (Å²) in [4.78, 5) is 16.2. The molecule has 0 aliphatic rings. The maximum absolute atomic E-state index is 12.7. The van der Waals surface area contributed by atoms with E-state index in [0.717, 1.165) is 32.2 Å². The van der Waals surface area contributed by atoms with Crippen molar-refractivity contribution in [1.29, 1.82) is 0 Å². The van der Waals surface area contributed by atoms with Crippen LogP contribution >= 0.6 is 0 Å². The largest absolute Gasteiger partial charge is 0.394 e. The lowest BCUT2D eigenvalue weighted by molar-refractivity contribution is -0.140. The molecule has 0 aromatic carbocycles. The Morgan fingerprint density at radius 3 is 1.77 bits per heavy atom. The van der Waals surface area contributed by atoms with E-state index in [1.807, 2.05) is 19.0 Å². The minimum atomic E-state index is -1.68. The molecule has 5 N–H and O–H groups in total. The molecule has 0 aliphatic heterocycles. The van der Waals surface area contributed by atoms with Crippen molar-refractivity contribution in [3.63, 3.8) is 0 Å². The van der Waals surface area contributed by atoms with E-state index in [1.54, 1.807) is 0 Å². The molecule has 0 unspecified atom stereocenters. The Morgan fingerprint density at radius 1 is 0.742 bits per heavy atom. The number of unbranched alkanes of at least 4 members (excludes halogenated alkanes) is 8. The second kappa shape index (κ2) is 18.8. The van der Waals surface area contributed by atoms with Gasteiger partial charge < -0.3 is 35.3 Å². The molecule has 8 nitrogen and oxygen atoms in total. The van der Waals surface area contributed by atoms with E-state index in [2.05, 4.69) is 6.92 Å². The number of carbonyl (C=O) groups excluding carboxylic acids is 1. The predicted octanol–water partition coefficient (Wildman–Crippen LogP) is 1.12. The minimum absolute atomic E-state index is 0.0786. The Balaban J connectivity index is 4.48. The van der Waals surface area contributed by atoms with Crippen molar-refractivity contribution in [2.24, 2.45) is 0 Å². The summed E-state index contributed by atoms with van der Waals surface area (Å²) in [6, 6.07) is 0. The normalized spacial score (nSPS) is 15.6. The van der Waals surface area contributed by atoms with Crippen LogP contribution in [-0.4, -0.2) is 106 Å². The third kappa shape index (κ3) is 14.8. The van der Waals surface area contributed by atoms with Crippen LogP contribution in [0, 0.1) is 0 Å². The fourth-order valence-corrected chi connectivity index (χ4v) is 3.54. The van der Waals surface area contributed by atoms with Crippen molar-refractivity contribution in [3.8, 4) is 0 Å². The summed E-state index contributed by atoms with van der Waals surface area (Å²) in [5, 5.41) is 48.6. The molecule has 31 heavy (non-hydrogen) atoms. The molecule has 0 saturated carbocycles. The summed E-state index contributed by atoms with van der Waals surface area (Å²) in [5.41, 5.74) is 0. The van der Waals surface area contributed by atoms with E-state index in [1.165, 1.54) is 43.4 Å². The number of rotatable bonds is 20. The average molecular weight is 449 g/mol. The zero-order valence-corrected chi connectivity index (χ0v) is 20.0. The fraction of sp³-hybridized carbons (Fsp3) is 0.957. The van der Waals surface area contributed by atoms with Crippen molar-refractivity contribution in [1.82, 2.24) is 9.80 Å². The van der Waals surface area contributed by atoms with Gasteiger partial charge in [-0.3, -0.25) is 4.79 Å². The highest BCUT2D eigenvalue weighted by atomic mass is 16.4. The van der Waals surface area contributed by atoms with Crippen LogP contribution in [0.3, 0.4) is 0 Å². The van der Waals surface area contributed by atoms with E-state index in [-0.39, 0.29) is 12.5 Å². The van der Waals surface area contributed by atoms with Crippen LogP contribution in [0.2, 0.25) is 0 Å². The molecule has 0 fully saturated rings. The number of hydrogen-bond donors (Lipinski definition) is 5. The van der Waals surface area contributed by atoms with Crippen molar-refractivity contribution in [2.45, 2.75) is 102 Å². The third-order valence-corrected chi connectivity index (χ3v) is 5.61. The monoisotopic (exact) mass is 448 g/mol.